The van der Waals surface area contributed by atoms with E-state index < -0.39 is 0 Å². The van der Waals surface area contributed by atoms with Crippen LogP contribution in [0.15, 0.2) is 27.4 Å². The number of hydrogen-bond acceptors (Lipinski definition) is 5. The van der Waals surface area contributed by atoms with Crippen molar-refractivity contribution in [1.29, 1.82) is 0 Å². The molecule has 1 aromatic heterocycles. The predicted octanol–water partition coefficient (Wildman–Crippen LogP) is 1.33. The summed E-state index contributed by atoms with van der Waals surface area (Å²) in [4.78, 5) is 17.9. The van der Waals surface area contributed by atoms with E-state index in [2.05, 4.69) is 4.98 Å². The molecular formula is C13H14N2O3. The van der Waals surface area contributed by atoms with Crippen molar-refractivity contribution >= 4 is 17.0 Å². The number of para-hydroxylation sites is 1. The van der Waals surface area contributed by atoms with Crippen LogP contribution in [0, 0.1) is 6.92 Å². The number of nitrogens with zero attached hydrogens (tertiary/aromatic N) is 2. The molecule has 0 amide bonds. The van der Waals surface area contributed by atoms with Gasteiger partial charge in [0.1, 0.15) is 5.58 Å². The fourth-order valence-corrected chi connectivity index (χ4v) is 2.11. The van der Waals surface area contributed by atoms with E-state index in [1.807, 2.05) is 24.0 Å². The van der Waals surface area contributed by atoms with Crippen molar-refractivity contribution in [3.63, 3.8) is 0 Å². The smallest absolute Gasteiger partial charge is 0.301 e. The zero-order chi connectivity index (χ0) is 12.5. The molecule has 0 saturated carbocycles. The largest absolute Gasteiger partial charge is 0.425 e. The van der Waals surface area contributed by atoms with E-state index >= 15 is 0 Å². The highest BCUT2D eigenvalue weighted by Crippen LogP contribution is 2.20. The Morgan fingerprint density at radius 2 is 2.06 bits per heavy atom. The zero-order valence-corrected chi connectivity index (χ0v) is 10.2. The molecule has 94 valence electrons. The van der Waals surface area contributed by atoms with Gasteiger partial charge in [-0.25, -0.2) is 0 Å². The van der Waals surface area contributed by atoms with Crippen molar-refractivity contribution < 1.29 is 9.15 Å². The summed E-state index contributed by atoms with van der Waals surface area (Å²) in [6, 6.07) is 5.90. The fraction of sp³-hybridized carbons (Fsp3) is 0.385. The summed E-state index contributed by atoms with van der Waals surface area (Å²) in [6.07, 6.45) is 0. The molecule has 3 rings (SSSR count). The monoisotopic (exact) mass is 246 g/mol. The van der Waals surface area contributed by atoms with Crippen molar-refractivity contribution in [2.24, 2.45) is 0 Å². The van der Waals surface area contributed by atoms with Gasteiger partial charge in [0, 0.05) is 13.1 Å². The molecule has 1 aromatic carbocycles. The van der Waals surface area contributed by atoms with Crippen LogP contribution in [-0.4, -0.2) is 31.3 Å². The lowest BCUT2D eigenvalue weighted by atomic mass is 10.2. The predicted molar refractivity (Wildman–Crippen MR) is 68.0 cm³/mol. The van der Waals surface area contributed by atoms with E-state index in [0.717, 1.165) is 5.56 Å². The Hall–Kier alpha value is -1.88. The van der Waals surface area contributed by atoms with Crippen molar-refractivity contribution in [1.82, 2.24) is 4.98 Å². The number of fused-ring (bicyclic) bond motifs is 1. The van der Waals surface area contributed by atoms with Crippen LogP contribution in [-0.2, 0) is 4.74 Å². The number of rotatable bonds is 1. The molecule has 2 heterocycles. The average molecular weight is 246 g/mol. The van der Waals surface area contributed by atoms with Gasteiger partial charge in [-0.05, 0) is 18.6 Å². The van der Waals surface area contributed by atoms with E-state index in [1.54, 1.807) is 6.07 Å². The van der Waals surface area contributed by atoms with Gasteiger partial charge in [0.2, 0.25) is 0 Å². The van der Waals surface area contributed by atoms with Crippen molar-refractivity contribution in [3.8, 4) is 0 Å². The van der Waals surface area contributed by atoms with E-state index in [-0.39, 0.29) is 5.56 Å². The molecule has 2 aromatic rings. The minimum Gasteiger partial charge on any atom is -0.425 e. The van der Waals surface area contributed by atoms with Crippen LogP contribution in [0.4, 0.5) is 6.01 Å². The molecule has 0 unspecified atom stereocenters. The lowest BCUT2D eigenvalue weighted by Crippen LogP contribution is -2.37. The third kappa shape index (κ3) is 1.86. The maximum absolute atomic E-state index is 12.0. The molecule has 1 aliphatic heterocycles. The summed E-state index contributed by atoms with van der Waals surface area (Å²) >= 11 is 0. The lowest BCUT2D eigenvalue weighted by molar-refractivity contribution is 0.120. The van der Waals surface area contributed by atoms with Gasteiger partial charge in [-0.2, -0.15) is 4.98 Å². The average Bonchev–Trinajstić information content (AvgIpc) is 2.41. The van der Waals surface area contributed by atoms with Gasteiger partial charge in [0.05, 0.1) is 18.6 Å². The molecule has 1 aliphatic rings. The topological polar surface area (TPSA) is 55.6 Å². The highest BCUT2D eigenvalue weighted by molar-refractivity contribution is 5.79. The van der Waals surface area contributed by atoms with Gasteiger partial charge in [-0.3, -0.25) is 4.79 Å². The number of benzene rings is 1. The molecule has 5 heteroatoms. The molecule has 0 N–H and O–H groups in total. The Kier molecular flexibility index (Phi) is 2.76. The first-order valence-corrected chi connectivity index (χ1v) is 5.99. The SMILES string of the molecule is Cc1cccc2c(=O)nc(N3CCOCC3)oc12. The molecule has 0 radical (unpaired) electrons. The van der Waals surface area contributed by atoms with Gasteiger partial charge in [-0.1, -0.05) is 12.1 Å². The second-order valence-corrected chi connectivity index (χ2v) is 4.35. The van der Waals surface area contributed by atoms with Crippen LogP contribution in [0.3, 0.4) is 0 Å². The Balaban J connectivity index is 2.14. The summed E-state index contributed by atoms with van der Waals surface area (Å²) in [6.45, 7) is 4.60. The Morgan fingerprint density at radius 3 is 2.83 bits per heavy atom. The standard InChI is InChI=1S/C13H14N2O3/c1-9-3-2-4-10-11(9)18-13(14-12(10)16)15-5-7-17-8-6-15/h2-4H,5-8H2,1H3. The highest BCUT2D eigenvalue weighted by Gasteiger charge is 2.17. The molecule has 0 atom stereocenters. The molecular weight excluding hydrogens is 232 g/mol. The second-order valence-electron chi connectivity index (χ2n) is 4.35. The van der Waals surface area contributed by atoms with Gasteiger partial charge in [0.15, 0.2) is 0 Å². The van der Waals surface area contributed by atoms with E-state index in [9.17, 15) is 4.79 Å². The summed E-state index contributed by atoms with van der Waals surface area (Å²) in [5.41, 5.74) is 1.34. The highest BCUT2D eigenvalue weighted by atomic mass is 16.5. The number of ether oxygens (including phenoxy) is 1. The first-order valence-electron chi connectivity index (χ1n) is 5.99. The fourth-order valence-electron chi connectivity index (χ4n) is 2.11. The van der Waals surface area contributed by atoms with Crippen LogP contribution in [0.2, 0.25) is 0 Å². The Morgan fingerprint density at radius 1 is 1.28 bits per heavy atom. The van der Waals surface area contributed by atoms with Gasteiger partial charge < -0.3 is 14.1 Å². The van der Waals surface area contributed by atoms with E-state index in [4.69, 9.17) is 9.15 Å². The molecule has 0 aliphatic carbocycles. The molecule has 1 saturated heterocycles. The van der Waals surface area contributed by atoms with Gasteiger partial charge in [-0.15, -0.1) is 0 Å². The number of aromatic nitrogens is 1. The molecule has 18 heavy (non-hydrogen) atoms. The maximum atomic E-state index is 12.0. The van der Waals surface area contributed by atoms with Gasteiger partial charge >= 0.3 is 6.01 Å². The molecule has 0 spiro atoms. The van der Waals surface area contributed by atoms with Crippen LogP contribution in [0.1, 0.15) is 5.56 Å². The zero-order valence-electron chi connectivity index (χ0n) is 10.2. The van der Waals surface area contributed by atoms with Crippen molar-refractivity contribution in [3.05, 3.63) is 34.1 Å². The molecule has 5 nitrogen and oxygen atoms in total. The van der Waals surface area contributed by atoms with Crippen LogP contribution in [0.25, 0.3) is 11.0 Å². The van der Waals surface area contributed by atoms with Crippen molar-refractivity contribution in [2.75, 3.05) is 31.2 Å². The van der Waals surface area contributed by atoms with Gasteiger partial charge in [0.25, 0.3) is 5.56 Å². The molecule has 1 fully saturated rings. The number of morpholine rings is 1. The van der Waals surface area contributed by atoms with Crippen molar-refractivity contribution in [2.45, 2.75) is 6.92 Å². The first-order chi connectivity index (χ1) is 8.75. The number of aryl methyl sites for hydroxylation is 1. The quantitative estimate of drug-likeness (QED) is 0.760. The van der Waals surface area contributed by atoms with E-state index in [1.165, 1.54) is 0 Å². The summed E-state index contributed by atoms with van der Waals surface area (Å²) in [5, 5.41) is 0.534. The minimum atomic E-state index is -0.235. The summed E-state index contributed by atoms with van der Waals surface area (Å²) in [7, 11) is 0. The van der Waals surface area contributed by atoms with Crippen LogP contribution >= 0.6 is 0 Å². The maximum Gasteiger partial charge on any atom is 0.301 e. The normalized spacial score (nSPS) is 16.2. The van der Waals surface area contributed by atoms with Crippen LogP contribution in [0.5, 0.6) is 0 Å². The minimum absolute atomic E-state index is 0.235. The second kappa shape index (κ2) is 4.42. The summed E-state index contributed by atoms with van der Waals surface area (Å²) < 4.78 is 11.0. The third-order valence-corrected chi connectivity index (χ3v) is 3.11. The third-order valence-electron chi connectivity index (χ3n) is 3.11. The molecule has 0 bridgehead atoms. The Labute approximate surface area is 104 Å². The number of hydrogen-bond donors (Lipinski definition) is 0. The summed E-state index contributed by atoms with van der Waals surface area (Å²) in [5.74, 6) is 0. The first kappa shape index (κ1) is 11.2. The van der Waals surface area contributed by atoms with Crippen LogP contribution < -0.4 is 10.5 Å². The van der Waals surface area contributed by atoms with E-state index in [0.29, 0.717) is 43.3 Å². The Bertz CT molecular complexity index is 630. The number of anilines is 1. The lowest BCUT2D eigenvalue weighted by Gasteiger charge is -2.25.